The van der Waals surface area contributed by atoms with Crippen molar-refractivity contribution in [2.24, 2.45) is 0 Å². The SMILES string of the molecule is O=C(Nc1ccc2oc(=O)ccc2c1)c1ccc(S(=O)(=O)NCc2ccco2)cc1. The number of sulfonamides is 1. The van der Waals surface area contributed by atoms with Crippen molar-refractivity contribution in [1.29, 1.82) is 0 Å². The van der Waals surface area contributed by atoms with E-state index in [9.17, 15) is 18.0 Å². The molecular weight excluding hydrogens is 408 g/mol. The Morgan fingerprint density at radius 2 is 1.77 bits per heavy atom. The van der Waals surface area contributed by atoms with Crippen LogP contribution in [0.2, 0.25) is 0 Å². The molecule has 9 heteroatoms. The zero-order chi connectivity index (χ0) is 21.1. The van der Waals surface area contributed by atoms with Crippen molar-refractivity contribution in [2.45, 2.75) is 11.4 Å². The van der Waals surface area contributed by atoms with Crippen molar-refractivity contribution in [3.63, 3.8) is 0 Å². The van der Waals surface area contributed by atoms with Crippen molar-refractivity contribution in [3.8, 4) is 0 Å². The molecule has 0 bridgehead atoms. The molecule has 0 saturated heterocycles. The van der Waals surface area contributed by atoms with Crippen molar-refractivity contribution in [1.82, 2.24) is 4.72 Å². The molecule has 152 valence electrons. The van der Waals surface area contributed by atoms with Crippen molar-refractivity contribution >= 4 is 32.6 Å². The highest BCUT2D eigenvalue weighted by atomic mass is 32.2. The molecule has 2 heterocycles. The third kappa shape index (κ3) is 4.32. The molecule has 2 aromatic carbocycles. The minimum Gasteiger partial charge on any atom is -0.468 e. The average Bonchev–Trinajstić information content (AvgIpc) is 3.26. The lowest BCUT2D eigenvalue weighted by Gasteiger charge is -2.08. The maximum Gasteiger partial charge on any atom is 0.336 e. The standard InChI is InChI=1S/C21H16N2O6S/c24-20-10-5-15-12-16(6-9-19(15)29-20)23-21(25)14-3-7-18(8-4-14)30(26,27)22-13-17-2-1-11-28-17/h1-12,22H,13H2,(H,23,25). The molecule has 0 saturated carbocycles. The van der Waals surface area contributed by atoms with Gasteiger partial charge in [0.15, 0.2) is 0 Å². The molecule has 4 aromatic rings. The molecule has 1 amide bonds. The Labute approximate surface area is 171 Å². The third-order valence-corrected chi connectivity index (χ3v) is 5.74. The Hall–Kier alpha value is -3.69. The van der Waals surface area contributed by atoms with E-state index in [2.05, 4.69) is 10.0 Å². The zero-order valence-corrected chi connectivity index (χ0v) is 16.3. The summed E-state index contributed by atoms with van der Waals surface area (Å²) in [4.78, 5) is 23.8. The van der Waals surface area contributed by atoms with Gasteiger partial charge in [-0.05, 0) is 60.7 Å². The fourth-order valence-electron chi connectivity index (χ4n) is 2.80. The smallest absolute Gasteiger partial charge is 0.336 e. The van der Waals surface area contributed by atoms with Crippen LogP contribution in [-0.4, -0.2) is 14.3 Å². The van der Waals surface area contributed by atoms with Crippen molar-refractivity contribution in [3.05, 3.63) is 94.7 Å². The second-order valence-corrected chi connectivity index (χ2v) is 8.16. The highest BCUT2D eigenvalue weighted by Crippen LogP contribution is 2.19. The number of fused-ring (bicyclic) bond motifs is 1. The van der Waals surface area contributed by atoms with Crippen molar-refractivity contribution in [2.75, 3.05) is 5.32 Å². The lowest BCUT2D eigenvalue weighted by atomic mass is 10.2. The maximum atomic E-state index is 12.5. The topological polar surface area (TPSA) is 119 Å². The van der Waals surface area contributed by atoms with E-state index in [4.69, 9.17) is 8.83 Å². The summed E-state index contributed by atoms with van der Waals surface area (Å²) in [5.74, 6) is 0.0865. The monoisotopic (exact) mass is 424 g/mol. The van der Waals surface area contributed by atoms with Crippen LogP contribution in [-0.2, 0) is 16.6 Å². The normalized spacial score (nSPS) is 11.5. The molecular formula is C21H16N2O6S. The molecule has 0 unspecified atom stereocenters. The number of carbonyl (C=O) groups is 1. The van der Waals surface area contributed by atoms with Crippen LogP contribution in [0.3, 0.4) is 0 Å². The molecule has 2 N–H and O–H groups in total. The first-order chi connectivity index (χ1) is 14.4. The number of rotatable bonds is 6. The highest BCUT2D eigenvalue weighted by Gasteiger charge is 2.15. The summed E-state index contributed by atoms with van der Waals surface area (Å²) < 4.78 is 37.3. The fourth-order valence-corrected chi connectivity index (χ4v) is 3.79. The zero-order valence-electron chi connectivity index (χ0n) is 15.5. The minimum absolute atomic E-state index is 0.0274. The van der Waals surface area contributed by atoms with Crippen LogP contribution in [0, 0.1) is 0 Å². The second-order valence-electron chi connectivity index (χ2n) is 6.39. The van der Waals surface area contributed by atoms with Crippen LogP contribution in [0.15, 0.2) is 91.5 Å². The summed E-state index contributed by atoms with van der Waals surface area (Å²) in [6.45, 7) is 0.0274. The van der Waals surface area contributed by atoms with E-state index in [0.29, 0.717) is 28.0 Å². The van der Waals surface area contributed by atoms with Crippen molar-refractivity contribution < 1.29 is 22.0 Å². The van der Waals surface area contributed by atoms with Crippen LogP contribution < -0.4 is 15.7 Å². The summed E-state index contributed by atoms with van der Waals surface area (Å²) in [6.07, 6.45) is 1.46. The van der Waals surface area contributed by atoms with Gasteiger partial charge in [0.2, 0.25) is 10.0 Å². The number of hydrogen-bond donors (Lipinski definition) is 2. The molecule has 2 aromatic heterocycles. The maximum absolute atomic E-state index is 12.5. The number of hydrogen-bond acceptors (Lipinski definition) is 6. The Morgan fingerprint density at radius 1 is 0.967 bits per heavy atom. The Morgan fingerprint density at radius 3 is 2.50 bits per heavy atom. The van der Waals surface area contributed by atoms with Gasteiger partial charge in [0.1, 0.15) is 11.3 Å². The number of amides is 1. The summed E-state index contributed by atoms with van der Waals surface area (Å²) in [6, 6.07) is 16.7. The van der Waals surface area contributed by atoms with E-state index in [1.165, 1.54) is 36.6 Å². The van der Waals surface area contributed by atoms with Crippen LogP contribution in [0.1, 0.15) is 16.1 Å². The average molecular weight is 424 g/mol. The molecule has 0 radical (unpaired) electrons. The summed E-state index contributed by atoms with van der Waals surface area (Å²) in [7, 11) is -3.74. The van der Waals surface area contributed by atoms with E-state index < -0.39 is 21.6 Å². The molecule has 0 aliphatic rings. The number of anilines is 1. The second kappa shape index (κ2) is 7.97. The van der Waals surface area contributed by atoms with Gasteiger partial charge in [-0.25, -0.2) is 17.9 Å². The van der Waals surface area contributed by atoms with Gasteiger partial charge in [0.05, 0.1) is 17.7 Å². The van der Waals surface area contributed by atoms with E-state index in [1.54, 1.807) is 36.4 Å². The quantitative estimate of drug-likeness (QED) is 0.459. The Bertz CT molecular complexity index is 1360. The Kier molecular flexibility index (Phi) is 5.21. The van der Waals surface area contributed by atoms with Gasteiger partial charge < -0.3 is 14.2 Å². The van der Waals surface area contributed by atoms with Gasteiger partial charge in [0, 0.05) is 22.7 Å². The van der Waals surface area contributed by atoms with Gasteiger partial charge in [-0.1, -0.05) is 0 Å². The third-order valence-electron chi connectivity index (χ3n) is 4.32. The lowest BCUT2D eigenvalue weighted by Crippen LogP contribution is -2.23. The summed E-state index contributed by atoms with van der Waals surface area (Å²) in [5, 5.41) is 3.39. The van der Waals surface area contributed by atoms with Crippen LogP contribution >= 0.6 is 0 Å². The minimum atomic E-state index is -3.74. The molecule has 4 rings (SSSR count). The van der Waals surface area contributed by atoms with Crippen LogP contribution in [0.4, 0.5) is 5.69 Å². The molecule has 8 nitrogen and oxygen atoms in total. The molecule has 0 atom stereocenters. The fraction of sp³-hybridized carbons (Fsp3) is 0.0476. The molecule has 0 aliphatic heterocycles. The van der Waals surface area contributed by atoms with Gasteiger partial charge >= 0.3 is 5.63 Å². The lowest BCUT2D eigenvalue weighted by molar-refractivity contribution is 0.102. The first kappa shape index (κ1) is 19.6. The largest absolute Gasteiger partial charge is 0.468 e. The number of furan rings is 1. The Balaban J connectivity index is 1.46. The van der Waals surface area contributed by atoms with Crippen LogP contribution in [0.5, 0.6) is 0 Å². The first-order valence-electron chi connectivity index (χ1n) is 8.88. The molecule has 0 fully saturated rings. The van der Waals surface area contributed by atoms with Gasteiger partial charge in [-0.15, -0.1) is 0 Å². The van der Waals surface area contributed by atoms with Gasteiger partial charge in [-0.3, -0.25) is 4.79 Å². The number of nitrogens with one attached hydrogen (secondary N) is 2. The van der Waals surface area contributed by atoms with Crippen LogP contribution in [0.25, 0.3) is 11.0 Å². The predicted molar refractivity (Wildman–Crippen MR) is 110 cm³/mol. The summed E-state index contributed by atoms with van der Waals surface area (Å²) in [5.41, 5.74) is 0.767. The molecule has 0 spiro atoms. The van der Waals surface area contributed by atoms with E-state index in [0.717, 1.165) is 0 Å². The number of benzene rings is 2. The van der Waals surface area contributed by atoms with E-state index in [-0.39, 0.29) is 11.4 Å². The summed E-state index contributed by atoms with van der Waals surface area (Å²) >= 11 is 0. The highest BCUT2D eigenvalue weighted by molar-refractivity contribution is 7.89. The van der Waals surface area contributed by atoms with Gasteiger partial charge in [-0.2, -0.15) is 0 Å². The van der Waals surface area contributed by atoms with E-state index >= 15 is 0 Å². The first-order valence-corrected chi connectivity index (χ1v) is 10.4. The predicted octanol–water partition coefficient (Wildman–Crippen LogP) is 3.12. The van der Waals surface area contributed by atoms with Gasteiger partial charge in [0.25, 0.3) is 5.91 Å². The van der Waals surface area contributed by atoms with E-state index in [1.807, 2.05) is 0 Å². The molecule has 30 heavy (non-hydrogen) atoms. The molecule has 0 aliphatic carbocycles. The number of carbonyl (C=O) groups excluding carboxylic acids is 1.